The monoisotopic (exact) mass is 339 g/mol. The molecule has 132 valence electrons. The molecule has 0 radical (unpaired) electrons. The zero-order chi connectivity index (χ0) is 17.3. The maximum atomic E-state index is 12.7. The molecule has 2 aromatic rings. The van der Waals surface area contributed by atoms with Crippen molar-refractivity contribution in [2.45, 2.75) is 57.1 Å². The molecule has 1 aromatic heterocycles. The van der Waals surface area contributed by atoms with Gasteiger partial charge >= 0.3 is 0 Å². The Bertz CT molecular complexity index is 748. The predicted molar refractivity (Wildman–Crippen MR) is 96.4 cm³/mol. The Morgan fingerprint density at radius 2 is 2.00 bits per heavy atom. The van der Waals surface area contributed by atoms with Gasteiger partial charge in [0.05, 0.1) is 18.2 Å². The molecule has 0 bridgehead atoms. The summed E-state index contributed by atoms with van der Waals surface area (Å²) in [5.41, 5.74) is 2.26. The zero-order valence-electron chi connectivity index (χ0n) is 14.7. The summed E-state index contributed by atoms with van der Waals surface area (Å²) in [7, 11) is 0. The molecule has 4 rings (SSSR count). The summed E-state index contributed by atoms with van der Waals surface area (Å²) >= 11 is 0. The Morgan fingerprint density at radius 3 is 2.76 bits per heavy atom. The largest absolute Gasteiger partial charge is 0.373 e. The molecule has 1 saturated heterocycles. The molecule has 5 heteroatoms. The maximum absolute atomic E-state index is 12.7. The fourth-order valence-corrected chi connectivity index (χ4v) is 4.15. The molecular weight excluding hydrogens is 314 g/mol. The van der Waals surface area contributed by atoms with E-state index in [1.54, 1.807) is 0 Å². The summed E-state index contributed by atoms with van der Waals surface area (Å²) in [6.07, 6.45) is 6.95. The second-order valence-corrected chi connectivity index (χ2v) is 7.35. The first-order valence-corrected chi connectivity index (χ1v) is 9.22. The summed E-state index contributed by atoms with van der Waals surface area (Å²) in [4.78, 5) is 20.4. The fraction of sp³-hybridized carbons (Fsp3) is 0.500. The lowest BCUT2D eigenvalue weighted by molar-refractivity contribution is -0.0246. The maximum Gasteiger partial charge on any atom is 0.272 e. The predicted octanol–water partition coefficient (Wildman–Crippen LogP) is 3.61. The van der Waals surface area contributed by atoms with Gasteiger partial charge in [-0.15, -0.1) is 0 Å². The van der Waals surface area contributed by atoms with Gasteiger partial charge in [-0.25, -0.2) is 4.98 Å². The standard InChI is InChI=1S/C20H25N3O2/c1-14-17(23-18(21-14)15-8-4-2-5-9-15)19(24)22-16-12-20(25-13-16)10-6-3-7-11-20/h2,4-5,8-9,16H,3,6-7,10-13H2,1H3,(H,21,23)(H,22,24). The van der Waals surface area contributed by atoms with Gasteiger partial charge in [-0.3, -0.25) is 4.79 Å². The number of nitrogens with zero attached hydrogens (tertiary/aromatic N) is 1. The minimum absolute atomic E-state index is 0.00597. The molecule has 1 saturated carbocycles. The number of rotatable bonds is 3. The topological polar surface area (TPSA) is 67.0 Å². The number of nitrogens with one attached hydrogen (secondary N) is 2. The summed E-state index contributed by atoms with van der Waals surface area (Å²) < 4.78 is 6.09. The molecule has 2 fully saturated rings. The Hall–Kier alpha value is -2.14. The van der Waals surface area contributed by atoms with Crippen LogP contribution < -0.4 is 5.32 Å². The Kier molecular flexibility index (Phi) is 4.34. The van der Waals surface area contributed by atoms with Crippen LogP contribution in [0.3, 0.4) is 0 Å². The van der Waals surface area contributed by atoms with Gasteiger partial charge in [-0.05, 0) is 26.2 Å². The smallest absolute Gasteiger partial charge is 0.272 e. The lowest BCUT2D eigenvalue weighted by atomic mass is 9.82. The van der Waals surface area contributed by atoms with Gasteiger partial charge in [0, 0.05) is 11.3 Å². The minimum Gasteiger partial charge on any atom is -0.373 e. The third-order valence-corrected chi connectivity index (χ3v) is 5.46. The summed E-state index contributed by atoms with van der Waals surface area (Å²) in [6.45, 7) is 2.50. The highest BCUT2D eigenvalue weighted by atomic mass is 16.5. The van der Waals surface area contributed by atoms with Crippen LogP contribution in [0.2, 0.25) is 0 Å². The molecule has 2 heterocycles. The van der Waals surface area contributed by atoms with Crippen molar-refractivity contribution in [2.24, 2.45) is 0 Å². The Balaban J connectivity index is 1.44. The third kappa shape index (κ3) is 3.33. The van der Waals surface area contributed by atoms with E-state index in [1.807, 2.05) is 37.3 Å². The zero-order valence-corrected chi connectivity index (χ0v) is 14.7. The SMILES string of the molecule is Cc1[nH]c(-c2ccccc2)nc1C(=O)NC1COC2(CCCCC2)C1. The van der Waals surface area contributed by atoms with E-state index < -0.39 is 0 Å². The molecule has 1 unspecified atom stereocenters. The van der Waals surface area contributed by atoms with Crippen LogP contribution in [0.25, 0.3) is 11.4 Å². The average Bonchev–Trinajstić information content (AvgIpc) is 3.20. The quantitative estimate of drug-likeness (QED) is 0.898. The highest BCUT2D eigenvalue weighted by Gasteiger charge is 2.41. The van der Waals surface area contributed by atoms with Gasteiger partial charge in [0.2, 0.25) is 0 Å². The van der Waals surface area contributed by atoms with Crippen LogP contribution in [0.15, 0.2) is 30.3 Å². The third-order valence-electron chi connectivity index (χ3n) is 5.46. The molecule has 1 aromatic carbocycles. The Morgan fingerprint density at radius 1 is 1.24 bits per heavy atom. The summed E-state index contributed by atoms with van der Waals surface area (Å²) in [5, 5.41) is 3.13. The lowest BCUT2D eigenvalue weighted by Gasteiger charge is -2.32. The van der Waals surface area contributed by atoms with Crippen LogP contribution in [-0.2, 0) is 4.74 Å². The summed E-state index contributed by atoms with van der Waals surface area (Å²) in [6, 6.07) is 9.95. The molecule has 1 atom stereocenters. The van der Waals surface area contributed by atoms with Gasteiger partial charge in [-0.2, -0.15) is 0 Å². The highest BCUT2D eigenvalue weighted by Crippen LogP contribution is 2.39. The van der Waals surface area contributed by atoms with E-state index in [2.05, 4.69) is 15.3 Å². The van der Waals surface area contributed by atoms with Crippen LogP contribution in [-0.4, -0.2) is 34.1 Å². The summed E-state index contributed by atoms with van der Waals surface area (Å²) in [5.74, 6) is 0.618. The first-order valence-electron chi connectivity index (χ1n) is 9.22. The number of hydrogen-bond donors (Lipinski definition) is 2. The minimum atomic E-state index is -0.114. The van der Waals surface area contributed by atoms with Crippen molar-refractivity contribution in [3.05, 3.63) is 41.7 Å². The van der Waals surface area contributed by atoms with Gasteiger partial charge < -0.3 is 15.0 Å². The normalized spacial score (nSPS) is 22.2. The lowest BCUT2D eigenvalue weighted by Crippen LogP contribution is -2.37. The first kappa shape index (κ1) is 16.3. The highest BCUT2D eigenvalue weighted by molar-refractivity contribution is 5.94. The van der Waals surface area contributed by atoms with Crippen LogP contribution in [0.5, 0.6) is 0 Å². The van der Waals surface area contributed by atoms with E-state index in [0.29, 0.717) is 12.3 Å². The molecule has 1 aliphatic heterocycles. The number of imidazole rings is 1. The van der Waals surface area contributed by atoms with Crippen molar-refractivity contribution in [2.75, 3.05) is 6.61 Å². The number of benzene rings is 1. The average molecular weight is 339 g/mol. The van der Waals surface area contributed by atoms with E-state index in [1.165, 1.54) is 19.3 Å². The van der Waals surface area contributed by atoms with E-state index in [9.17, 15) is 4.79 Å². The molecule has 1 aliphatic carbocycles. The van der Waals surface area contributed by atoms with E-state index in [-0.39, 0.29) is 17.6 Å². The number of aromatic amines is 1. The van der Waals surface area contributed by atoms with E-state index in [4.69, 9.17) is 4.74 Å². The number of aromatic nitrogens is 2. The second kappa shape index (κ2) is 6.64. The fourth-order valence-electron chi connectivity index (χ4n) is 4.15. The molecule has 5 nitrogen and oxygen atoms in total. The van der Waals surface area contributed by atoms with Crippen molar-refractivity contribution in [1.29, 1.82) is 0 Å². The van der Waals surface area contributed by atoms with Crippen molar-refractivity contribution < 1.29 is 9.53 Å². The molecule has 1 spiro atoms. The van der Waals surface area contributed by atoms with Crippen molar-refractivity contribution in [3.63, 3.8) is 0 Å². The van der Waals surface area contributed by atoms with Gasteiger partial charge in [0.15, 0.2) is 0 Å². The van der Waals surface area contributed by atoms with Crippen molar-refractivity contribution in [3.8, 4) is 11.4 Å². The molecule has 2 N–H and O–H groups in total. The number of carbonyl (C=O) groups excluding carboxylic acids is 1. The molecule has 2 aliphatic rings. The van der Waals surface area contributed by atoms with Crippen LogP contribution in [0, 0.1) is 6.92 Å². The second-order valence-electron chi connectivity index (χ2n) is 7.35. The van der Waals surface area contributed by atoms with Gasteiger partial charge in [0.25, 0.3) is 5.91 Å². The molecule has 25 heavy (non-hydrogen) atoms. The Labute approximate surface area is 148 Å². The van der Waals surface area contributed by atoms with Crippen LogP contribution in [0.1, 0.15) is 54.7 Å². The number of aryl methyl sites for hydroxylation is 1. The van der Waals surface area contributed by atoms with Crippen molar-refractivity contribution in [1.82, 2.24) is 15.3 Å². The first-order chi connectivity index (χ1) is 12.2. The molecule has 1 amide bonds. The van der Waals surface area contributed by atoms with Crippen molar-refractivity contribution >= 4 is 5.91 Å². The van der Waals surface area contributed by atoms with Crippen LogP contribution in [0.4, 0.5) is 0 Å². The number of amides is 1. The number of H-pyrrole nitrogens is 1. The molecular formula is C20H25N3O2. The van der Waals surface area contributed by atoms with Gasteiger partial charge in [-0.1, -0.05) is 49.6 Å². The number of hydrogen-bond acceptors (Lipinski definition) is 3. The van der Waals surface area contributed by atoms with Crippen LogP contribution >= 0.6 is 0 Å². The number of carbonyl (C=O) groups is 1. The van der Waals surface area contributed by atoms with Gasteiger partial charge in [0.1, 0.15) is 11.5 Å². The van der Waals surface area contributed by atoms with E-state index in [0.717, 1.165) is 36.3 Å². The van der Waals surface area contributed by atoms with E-state index >= 15 is 0 Å². The number of ether oxygens (including phenoxy) is 1.